The summed E-state index contributed by atoms with van der Waals surface area (Å²) in [5.41, 5.74) is 0.884. The number of amides is 1. The average Bonchev–Trinajstić information content (AvgIpc) is 2.31. The van der Waals surface area contributed by atoms with Gasteiger partial charge in [0.15, 0.2) is 0 Å². The molecule has 19 heavy (non-hydrogen) atoms. The highest BCUT2D eigenvalue weighted by atomic mass is 35.5. The molecule has 0 aliphatic carbocycles. The number of halogens is 2. The van der Waals surface area contributed by atoms with Gasteiger partial charge in [-0.3, -0.25) is 9.59 Å². The van der Waals surface area contributed by atoms with Crippen LogP contribution in [0.1, 0.15) is 12.5 Å². The summed E-state index contributed by atoms with van der Waals surface area (Å²) in [5, 5.41) is 12.1. The molecule has 0 heterocycles. The molecule has 1 unspecified atom stereocenters. The minimum absolute atomic E-state index is 0.177. The van der Waals surface area contributed by atoms with Crippen LogP contribution in [0.3, 0.4) is 0 Å². The molecule has 7 heteroatoms. The summed E-state index contributed by atoms with van der Waals surface area (Å²) < 4.78 is 0. The van der Waals surface area contributed by atoms with E-state index in [4.69, 9.17) is 28.3 Å². The summed E-state index contributed by atoms with van der Waals surface area (Å²) in [6.07, 6.45) is 0. The number of rotatable bonds is 6. The van der Waals surface area contributed by atoms with Crippen LogP contribution in [0.4, 0.5) is 0 Å². The molecule has 0 aromatic heterocycles. The molecule has 1 aromatic carbocycles. The number of benzene rings is 1. The standard InChI is InChI=1S/C12H13Cl2NO3S/c1-7(12(17)18)15-11(16)6-19-5-8-2-3-9(13)4-10(8)14/h2-4,7H,5-6H2,1H3,(H,15,16)(H,17,18). The van der Waals surface area contributed by atoms with Crippen LogP contribution in [0.15, 0.2) is 18.2 Å². The summed E-state index contributed by atoms with van der Waals surface area (Å²) in [6.45, 7) is 1.42. The lowest BCUT2D eigenvalue weighted by molar-refractivity contribution is -0.140. The average molecular weight is 322 g/mol. The van der Waals surface area contributed by atoms with Gasteiger partial charge >= 0.3 is 5.97 Å². The number of aliphatic carboxylic acids is 1. The lowest BCUT2D eigenvalue weighted by atomic mass is 10.2. The molecule has 4 nitrogen and oxygen atoms in total. The Kier molecular flexibility index (Phi) is 6.48. The van der Waals surface area contributed by atoms with E-state index in [2.05, 4.69) is 5.32 Å². The van der Waals surface area contributed by atoms with Gasteiger partial charge in [0.25, 0.3) is 0 Å². The fourth-order valence-electron chi connectivity index (χ4n) is 1.24. The van der Waals surface area contributed by atoms with Gasteiger partial charge in [0, 0.05) is 15.8 Å². The quantitative estimate of drug-likeness (QED) is 0.845. The number of carboxylic acids is 1. The number of thioether (sulfide) groups is 1. The smallest absolute Gasteiger partial charge is 0.325 e. The van der Waals surface area contributed by atoms with E-state index in [0.29, 0.717) is 15.8 Å². The van der Waals surface area contributed by atoms with Crippen molar-refractivity contribution in [3.63, 3.8) is 0 Å². The zero-order valence-electron chi connectivity index (χ0n) is 10.2. The van der Waals surface area contributed by atoms with Gasteiger partial charge < -0.3 is 10.4 Å². The summed E-state index contributed by atoms with van der Waals surface area (Å²) in [7, 11) is 0. The summed E-state index contributed by atoms with van der Waals surface area (Å²) in [6, 6.07) is 4.30. The van der Waals surface area contributed by atoms with Crippen LogP contribution in [-0.2, 0) is 15.3 Å². The number of carbonyl (C=O) groups excluding carboxylic acids is 1. The summed E-state index contributed by atoms with van der Waals surface area (Å²) in [5.74, 6) is -0.634. The molecular weight excluding hydrogens is 309 g/mol. The molecule has 0 saturated heterocycles. The van der Waals surface area contributed by atoms with Crippen molar-refractivity contribution in [2.24, 2.45) is 0 Å². The first-order chi connectivity index (χ1) is 8.90. The fourth-order valence-corrected chi connectivity index (χ4v) is 2.63. The molecule has 0 bridgehead atoms. The van der Waals surface area contributed by atoms with Gasteiger partial charge in [-0.2, -0.15) is 0 Å². The molecule has 0 aliphatic heterocycles. The highest BCUT2D eigenvalue weighted by Gasteiger charge is 2.13. The molecule has 1 rings (SSSR count). The van der Waals surface area contributed by atoms with Crippen LogP contribution < -0.4 is 5.32 Å². The second kappa shape index (κ2) is 7.62. The fraction of sp³-hybridized carbons (Fsp3) is 0.333. The number of nitrogens with one attached hydrogen (secondary N) is 1. The first-order valence-corrected chi connectivity index (χ1v) is 7.35. The van der Waals surface area contributed by atoms with E-state index in [0.717, 1.165) is 5.56 Å². The SMILES string of the molecule is CC(NC(=O)CSCc1ccc(Cl)cc1Cl)C(=O)O. The summed E-state index contributed by atoms with van der Waals surface area (Å²) in [4.78, 5) is 22.0. The van der Waals surface area contributed by atoms with Gasteiger partial charge in [-0.1, -0.05) is 29.3 Å². The van der Waals surface area contributed by atoms with E-state index < -0.39 is 12.0 Å². The van der Waals surface area contributed by atoms with Gasteiger partial charge in [-0.15, -0.1) is 11.8 Å². The van der Waals surface area contributed by atoms with Gasteiger partial charge in [0.2, 0.25) is 5.91 Å². The highest BCUT2D eigenvalue weighted by molar-refractivity contribution is 7.99. The van der Waals surface area contributed by atoms with Crippen molar-refractivity contribution in [3.8, 4) is 0 Å². The summed E-state index contributed by atoms with van der Waals surface area (Å²) >= 11 is 13.1. The Bertz CT molecular complexity index is 482. The predicted octanol–water partition coefficient (Wildman–Crippen LogP) is 2.82. The Morgan fingerprint density at radius 3 is 2.68 bits per heavy atom. The number of hydrogen-bond acceptors (Lipinski definition) is 3. The third kappa shape index (κ3) is 5.72. The minimum Gasteiger partial charge on any atom is -0.480 e. The monoisotopic (exact) mass is 321 g/mol. The maximum atomic E-state index is 11.4. The third-order valence-corrected chi connectivity index (χ3v) is 3.82. The van der Waals surface area contributed by atoms with Crippen LogP contribution >= 0.6 is 35.0 Å². The van der Waals surface area contributed by atoms with Gasteiger partial charge in [0.1, 0.15) is 6.04 Å². The van der Waals surface area contributed by atoms with Crippen LogP contribution in [0.5, 0.6) is 0 Å². The van der Waals surface area contributed by atoms with Crippen molar-refractivity contribution >= 4 is 46.8 Å². The van der Waals surface area contributed by atoms with Crippen molar-refractivity contribution in [3.05, 3.63) is 33.8 Å². The molecule has 0 aliphatic rings. The molecule has 2 N–H and O–H groups in total. The zero-order chi connectivity index (χ0) is 14.4. The second-order valence-electron chi connectivity index (χ2n) is 3.86. The van der Waals surface area contributed by atoms with E-state index in [1.807, 2.05) is 0 Å². The molecule has 104 valence electrons. The number of carboxylic acid groups (broad SMARTS) is 1. The second-order valence-corrected chi connectivity index (χ2v) is 5.69. The molecule has 0 spiro atoms. The van der Waals surface area contributed by atoms with Crippen molar-refractivity contribution in [1.82, 2.24) is 5.32 Å². The van der Waals surface area contributed by atoms with Gasteiger partial charge in [-0.05, 0) is 24.6 Å². The van der Waals surface area contributed by atoms with E-state index >= 15 is 0 Å². The van der Waals surface area contributed by atoms with Crippen molar-refractivity contribution < 1.29 is 14.7 Å². The number of hydrogen-bond donors (Lipinski definition) is 2. The van der Waals surface area contributed by atoms with Crippen LogP contribution in [0, 0.1) is 0 Å². The van der Waals surface area contributed by atoms with Crippen molar-refractivity contribution in [2.45, 2.75) is 18.7 Å². The van der Waals surface area contributed by atoms with E-state index in [9.17, 15) is 9.59 Å². The first-order valence-electron chi connectivity index (χ1n) is 5.44. The first kappa shape index (κ1) is 16.1. The minimum atomic E-state index is -1.06. The Morgan fingerprint density at radius 1 is 1.42 bits per heavy atom. The van der Waals surface area contributed by atoms with E-state index in [-0.39, 0.29) is 11.7 Å². The van der Waals surface area contributed by atoms with E-state index in [1.54, 1.807) is 18.2 Å². The number of carbonyl (C=O) groups is 2. The Hall–Kier alpha value is -0.910. The van der Waals surface area contributed by atoms with Crippen LogP contribution in [0.25, 0.3) is 0 Å². The molecule has 1 atom stereocenters. The van der Waals surface area contributed by atoms with Crippen LogP contribution in [0.2, 0.25) is 10.0 Å². The maximum Gasteiger partial charge on any atom is 0.325 e. The van der Waals surface area contributed by atoms with Crippen LogP contribution in [-0.4, -0.2) is 28.8 Å². The van der Waals surface area contributed by atoms with Gasteiger partial charge in [0.05, 0.1) is 5.75 Å². The Labute approximate surface area is 125 Å². The molecule has 1 amide bonds. The lowest BCUT2D eigenvalue weighted by Crippen LogP contribution is -2.39. The lowest BCUT2D eigenvalue weighted by Gasteiger charge is -2.09. The molecule has 0 radical (unpaired) electrons. The Balaban J connectivity index is 2.38. The van der Waals surface area contributed by atoms with Crippen molar-refractivity contribution in [1.29, 1.82) is 0 Å². The maximum absolute atomic E-state index is 11.4. The highest BCUT2D eigenvalue weighted by Crippen LogP contribution is 2.24. The predicted molar refractivity (Wildman–Crippen MR) is 77.9 cm³/mol. The molecule has 0 fully saturated rings. The molecular formula is C12H13Cl2NO3S. The largest absolute Gasteiger partial charge is 0.480 e. The Morgan fingerprint density at radius 2 is 2.11 bits per heavy atom. The van der Waals surface area contributed by atoms with Gasteiger partial charge in [-0.25, -0.2) is 0 Å². The zero-order valence-corrected chi connectivity index (χ0v) is 12.5. The van der Waals surface area contributed by atoms with E-state index in [1.165, 1.54) is 18.7 Å². The van der Waals surface area contributed by atoms with Crippen molar-refractivity contribution in [2.75, 3.05) is 5.75 Å². The topological polar surface area (TPSA) is 66.4 Å². The third-order valence-electron chi connectivity index (χ3n) is 2.25. The normalized spacial score (nSPS) is 11.9. The molecule has 1 aromatic rings. The molecule has 0 saturated carbocycles.